The van der Waals surface area contributed by atoms with Crippen molar-refractivity contribution in [1.29, 1.82) is 0 Å². The Morgan fingerprint density at radius 1 is 1.31 bits per heavy atom. The van der Waals surface area contributed by atoms with Gasteiger partial charge < -0.3 is 15.2 Å². The number of hydrogen-bond acceptors (Lipinski definition) is 4. The Morgan fingerprint density at radius 2 is 1.96 bits per heavy atom. The van der Waals surface area contributed by atoms with Gasteiger partial charge in [-0.3, -0.25) is 4.21 Å². The average Bonchev–Trinajstić information content (AvgIpc) is 2.51. The number of rotatable bonds is 5. The fourth-order valence-corrected chi connectivity index (χ4v) is 4.15. The highest BCUT2D eigenvalue weighted by Gasteiger charge is 2.36. The average molecular weight is 389 g/mol. The molecule has 9 heteroatoms. The minimum absolute atomic E-state index is 0.0587. The third-order valence-electron chi connectivity index (χ3n) is 3.86. The molecular weight excluding hydrogens is 371 g/mol. The number of hydrogen-bond donors (Lipinski definition) is 2. The SMILES string of the molecule is CCS(=O)C1=C(C)NC(C)=C(C(=O)O)C1c1cccc(OC(F)(F)F)c1. The number of nitrogens with one attached hydrogen (secondary N) is 1. The van der Waals surface area contributed by atoms with Crippen LogP contribution in [0.4, 0.5) is 13.2 Å². The van der Waals surface area contributed by atoms with Crippen LogP contribution >= 0.6 is 0 Å². The van der Waals surface area contributed by atoms with Crippen LogP contribution in [0, 0.1) is 0 Å². The number of ether oxygens (including phenoxy) is 1. The van der Waals surface area contributed by atoms with Gasteiger partial charge in [0.15, 0.2) is 0 Å². The number of benzene rings is 1. The Morgan fingerprint density at radius 3 is 2.50 bits per heavy atom. The van der Waals surface area contributed by atoms with Crippen molar-refractivity contribution in [2.75, 3.05) is 5.75 Å². The van der Waals surface area contributed by atoms with E-state index < -0.39 is 34.8 Å². The molecule has 0 bridgehead atoms. The van der Waals surface area contributed by atoms with Gasteiger partial charge in [0.05, 0.1) is 22.3 Å². The summed E-state index contributed by atoms with van der Waals surface area (Å²) in [6.07, 6.45) is -4.87. The van der Waals surface area contributed by atoms with Crippen molar-refractivity contribution in [2.24, 2.45) is 0 Å². The molecule has 2 rings (SSSR count). The zero-order chi connectivity index (χ0) is 19.6. The van der Waals surface area contributed by atoms with E-state index in [0.29, 0.717) is 16.3 Å². The fraction of sp³-hybridized carbons (Fsp3) is 0.353. The lowest BCUT2D eigenvalue weighted by molar-refractivity contribution is -0.274. The lowest BCUT2D eigenvalue weighted by Crippen LogP contribution is -2.30. The summed E-state index contributed by atoms with van der Waals surface area (Å²) in [7, 11) is -1.50. The van der Waals surface area contributed by atoms with Gasteiger partial charge in [-0.1, -0.05) is 19.1 Å². The van der Waals surface area contributed by atoms with Gasteiger partial charge >= 0.3 is 12.3 Å². The second-order valence-electron chi connectivity index (χ2n) is 5.65. The van der Waals surface area contributed by atoms with Crippen LogP contribution in [0.5, 0.6) is 5.75 Å². The zero-order valence-electron chi connectivity index (χ0n) is 14.3. The van der Waals surface area contributed by atoms with Crippen molar-refractivity contribution in [2.45, 2.75) is 33.1 Å². The van der Waals surface area contributed by atoms with E-state index in [1.807, 2.05) is 0 Å². The highest BCUT2D eigenvalue weighted by Crippen LogP contribution is 2.41. The van der Waals surface area contributed by atoms with Gasteiger partial charge in [0, 0.05) is 22.1 Å². The van der Waals surface area contributed by atoms with Crippen molar-refractivity contribution in [3.63, 3.8) is 0 Å². The van der Waals surface area contributed by atoms with Crippen molar-refractivity contribution in [3.8, 4) is 5.75 Å². The summed E-state index contributed by atoms with van der Waals surface area (Å²) in [5, 5.41) is 12.5. The third-order valence-corrected chi connectivity index (χ3v) is 5.42. The summed E-state index contributed by atoms with van der Waals surface area (Å²) in [4.78, 5) is 12.1. The second-order valence-corrected chi connectivity index (χ2v) is 7.35. The van der Waals surface area contributed by atoms with E-state index in [4.69, 9.17) is 0 Å². The molecule has 0 fully saturated rings. The Hall–Kier alpha value is -2.29. The Kier molecular flexibility index (Phi) is 5.80. The van der Waals surface area contributed by atoms with Gasteiger partial charge in [0.2, 0.25) is 0 Å². The van der Waals surface area contributed by atoms with Gasteiger partial charge in [-0.05, 0) is 31.5 Å². The van der Waals surface area contributed by atoms with Crippen LogP contribution in [0.1, 0.15) is 32.3 Å². The van der Waals surface area contributed by atoms with E-state index in [9.17, 15) is 27.3 Å². The minimum Gasteiger partial charge on any atom is -0.478 e. The molecule has 2 unspecified atom stereocenters. The number of allylic oxidation sites excluding steroid dienone is 3. The predicted octanol–water partition coefficient (Wildman–Crippen LogP) is 3.63. The summed E-state index contributed by atoms with van der Waals surface area (Å²) < 4.78 is 54.0. The molecule has 0 saturated carbocycles. The van der Waals surface area contributed by atoms with E-state index in [-0.39, 0.29) is 16.9 Å². The number of halogens is 3. The Labute approximate surface area is 151 Å². The number of carboxylic acid groups (broad SMARTS) is 1. The molecule has 0 aromatic heterocycles. The topological polar surface area (TPSA) is 75.6 Å². The highest BCUT2D eigenvalue weighted by molar-refractivity contribution is 7.89. The fourth-order valence-electron chi connectivity index (χ4n) is 2.93. The molecule has 142 valence electrons. The van der Waals surface area contributed by atoms with Crippen LogP contribution < -0.4 is 10.1 Å². The summed E-state index contributed by atoms with van der Waals surface area (Å²) in [5.41, 5.74) is 1.08. The van der Waals surface area contributed by atoms with Crippen LogP contribution in [-0.4, -0.2) is 27.4 Å². The molecule has 0 saturated heterocycles. The van der Waals surface area contributed by atoms with E-state index in [1.54, 1.807) is 20.8 Å². The molecule has 1 aliphatic rings. The van der Waals surface area contributed by atoms with Crippen LogP contribution in [0.15, 0.2) is 46.1 Å². The number of aliphatic carboxylic acids is 1. The number of carbonyl (C=O) groups is 1. The lowest BCUT2D eigenvalue weighted by atomic mass is 9.86. The molecule has 2 atom stereocenters. The normalized spacial score (nSPS) is 19.2. The zero-order valence-corrected chi connectivity index (χ0v) is 15.1. The number of alkyl halides is 3. The van der Waals surface area contributed by atoms with Gasteiger partial charge in [-0.15, -0.1) is 13.2 Å². The van der Waals surface area contributed by atoms with Crippen molar-refractivity contribution in [3.05, 3.63) is 51.7 Å². The van der Waals surface area contributed by atoms with Crippen molar-refractivity contribution >= 4 is 16.8 Å². The van der Waals surface area contributed by atoms with E-state index in [1.165, 1.54) is 12.1 Å². The molecule has 0 spiro atoms. The predicted molar refractivity (Wildman–Crippen MR) is 90.7 cm³/mol. The van der Waals surface area contributed by atoms with Gasteiger partial charge in [-0.2, -0.15) is 0 Å². The molecular formula is C17H18F3NO4S. The standard InChI is InChI=1S/C17H18F3NO4S/c1-4-26(24)15-10(3)21-9(2)13(16(22)23)14(15)11-6-5-7-12(8-11)25-17(18,19)20/h5-8,14,21H,4H2,1-3H3,(H,22,23). The molecule has 0 amide bonds. The maximum Gasteiger partial charge on any atom is 0.573 e. The van der Waals surface area contributed by atoms with Gasteiger partial charge in [0.25, 0.3) is 0 Å². The first kappa shape index (κ1) is 20.0. The summed E-state index contributed by atoms with van der Waals surface area (Å²) in [6, 6.07) is 5.09. The molecule has 1 aromatic carbocycles. The monoisotopic (exact) mass is 389 g/mol. The molecule has 5 nitrogen and oxygen atoms in total. The first-order valence-electron chi connectivity index (χ1n) is 7.71. The quantitative estimate of drug-likeness (QED) is 0.804. The van der Waals surface area contributed by atoms with Crippen molar-refractivity contribution in [1.82, 2.24) is 5.32 Å². The van der Waals surface area contributed by atoms with E-state index in [0.717, 1.165) is 12.1 Å². The lowest BCUT2D eigenvalue weighted by Gasteiger charge is -2.30. The molecule has 26 heavy (non-hydrogen) atoms. The molecule has 0 radical (unpaired) electrons. The number of carboxylic acids is 1. The largest absolute Gasteiger partial charge is 0.573 e. The van der Waals surface area contributed by atoms with Gasteiger partial charge in [-0.25, -0.2) is 4.79 Å². The first-order valence-corrected chi connectivity index (χ1v) is 9.03. The molecule has 2 N–H and O–H groups in total. The maximum absolute atomic E-state index is 12.5. The van der Waals surface area contributed by atoms with Crippen LogP contribution in [0.25, 0.3) is 0 Å². The van der Waals surface area contributed by atoms with Crippen LogP contribution in [-0.2, 0) is 15.6 Å². The summed E-state index contributed by atoms with van der Waals surface area (Å²) >= 11 is 0. The Balaban J connectivity index is 2.63. The maximum atomic E-state index is 12.5. The van der Waals surface area contributed by atoms with Crippen molar-refractivity contribution < 1.29 is 32.0 Å². The van der Waals surface area contributed by atoms with Gasteiger partial charge in [0.1, 0.15) is 5.75 Å². The summed E-state index contributed by atoms with van der Waals surface area (Å²) in [6.45, 7) is 4.90. The van der Waals surface area contributed by atoms with E-state index >= 15 is 0 Å². The molecule has 1 heterocycles. The smallest absolute Gasteiger partial charge is 0.478 e. The first-order chi connectivity index (χ1) is 12.0. The second kappa shape index (κ2) is 7.53. The molecule has 1 aromatic rings. The Bertz CT molecular complexity index is 814. The van der Waals surface area contributed by atoms with E-state index in [2.05, 4.69) is 10.1 Å². The molecule has 1 aliphatic heterocycles. The summed E-state index contributed by atoms with van der Waals surface area (Å²) in [5.74, 6) is -2.39. The minimum atomic E-state index is -4.87. The van der Waals surface area contributed by atoms with Crippen LogP contribution in [0.3, 0.4) is 0 Å². The molecule has 0 aliphatic carbocycles. The van der Waals surface area contributed by atoms with Crippen LogP contribution in [0.2, 0.25) is 0 Å². The highest BCUT2D eigenvalue weighted by atomic mass is 32.2. The number of dihydropyridines is 1. The third kappa shape index (κ3) is 4.27.